The summed E-state index contributed by atoms with van der Waals surface area (Å²) in [5.41, 5.74) is 0. The van der Waals surface area contributed by atoms with E-state index in [2.05, 4.69) is 64.2 Å². The zero-order chi connectivity index (χ0) is 67.5. The van der Waals surface area contributed by atoms with Gasteiger partial charge in [0.25, 0.3) is 0 Å². The third kappa shape index (κ3) is 65.9. The lowest BCUT2D eigenvalue weighted by molar-refractivity contribution is -0.161. The third-order valence-electron chi connectivity index (χ3n) is 16.1. The van der Waals surface area contributed by atoms with Gasteiger partial charge < -0.3 is 33.8 Å². The Kier molecular flexibility index (Phi) is 64.9. The summed E-state index contributed by atoms with van der Waals surface area (Å²) in [5.74, 6) is -2.14. The molecule has 0 aromatic rings. The van der Waals surface area contributed by atoms with E-state index < -0.39 is 97.5 Å². The first kappa shape index (κ1) is 89.3. The van der Waals surface area contributed by atoms with E-state index in [0.717, 1.165) is 135 Å². The summed E-state index contributed by atoms with van der Waals surface area (Å²) >= 11 is 0. The highest BCUT2D eigenvalue weighted by Crippen LogP contribution is 2.45. The Morgan fingerprint density at radius 2 is 0.565 bits per heavy atom. The van der Waals surface area contributed by atoms with Crippen molar-refractivity contribution in [1.82, 2.24) is 0 Å². The van der Waals surface area contributed by atoms with Crippen molar-refractivity contribution in [3.8, 4) is 0 Å². The summed E-state index contributed by atoms with van der Waals surface area (Å²) in [5, 5.41) is 10.6. The molecule has 0 fully saturated rings. The maximum Gasteiger partial charge on any atom is 0.472 e. The molecule has 3 N–H and O–H groups in total. The molecule has 0 aliphatic rings. The van der Waals surface area contributed by atoms with Crippen LogP contribution in [0.15, 0.2) is 36.5 Å². The molecular formula is C73H136O17P2. The summed E-state index contributed by atoms with van der Waals surface area (Å²) in [7, 11) is -9.91. The SMILES string of the molecule is CC/C=C\C/C=C\C/C=C\CCCCCCCCCC(=O)OCC(COP(=O)(O)OCC(O)COP(=O)(O)OCC(COC(=O)CCCCCCCCCCCCCCC)OC(=O)CCCCCCCCCCCCC)OC(=O)CCCCCCCCCCCCC. The number of phosphoric ester groups is 2. The topological polar surface area (TPSA) is 237 Å². The number of hydrogen-bond acceptors (Lipinski definition) is 15. The number of aliphatic hydroxyl groups excluding tert-OH is 1. The standard InChI is InChI=1S/C73H136O17P2/c1-5-9-13-17-21-25-29-31-32-33-34-36-40-42-46-50-54-58-71(76)84-64-69(90-73(78)60-56-52-48-44-38-28-24-20-16-12-8-4)66-88-92(81,82)86-62-67(74)61-85-91(79,80)87-65-68(89-72(77)59-55-51-47-43-37-27-23-19-15-11-7-3)63-83-70(75)57-53-49-45-41-39-35-30-26-22-18-14-10-6-2/h9,13,21,25,31-32,67-69,74H,5-8,10-12,14-20,22-24,26-30,33-66H2,1-4H3,(H,79,80)(H,81,82)/b13-9-,25-21-,32-31-. The molecule has 0 bridgehead atoms. The van der Waals surface area contributed by atoms with Crippen LogP contribution in [-0.2, 0) is 65.4 Å². The number of allylic oxidation sites excluding steroid dienone is 6. The van der Waals surface area contributed by atoms with Gasteiger partial charge in [-0.25, -0.2) is 9.13 Å². The van der Waals surface area contributed by atoms with Gasteiger partial charge in [0.1, 0.15) is 19.3 Å². The molecule has 540 valence electrons. The number of hydrogen-bond donors (Lipinski definition) is 3. The molecule has 92 heavy (non-hydrogen) atoms. The Morgan fingerprint density at radius 3 is 0.870 bits per heavy atom. The summed E-state index contributed by atoms with van der Waals surface area (Å²) in [6.07, 6.45) is 60.0. The molecule has 19 heteroatoms. The first-order valence-electron chi connectivity index (χ1n) is 37.2. The Hall–Kier alpha value is -2.72. The smallest absolute Gasteiger partial charge is 0.462 e. The highest BCUT2D eigenvalue weighted by atomic mass is 31.2. The molecule has 0 aliphatic heterocycles. The van der Waals surface area contributed by atoms with Crippen LogP contribution in [0, 0.1) is 0 Å². The van der Waals surface area contributed by atoms with Gasteiger partial charge in [0.05, 0.1) is 26.4 Å². The van der Waals surface area contributed by atoms with Gasteiger partial charge >= 0.3 is 39.5 Å². The number of esters is 4. The van der Waals surface area contributed by atoms with Gasteiger partial charge in [-0.2, -0.15) is 0 Å². The molecule has 0 rings (SSSR count). The minimum atomic E-state index is -4.96. The Labute approximate surface area is 560 Å². The van der Waals surface area contributed by atoms with Gasteiger partial charge in [-0.05, 0) is 57.8 Å². The zero-order valence-corrected chi connectivity index (χ0v) is 60.5. The molecule has 0 aliphatic carbocycles. The predicted octanol–water partition coefficient (Wildman–Crippen LogP) is 20.8. The fourth-order valence-electron chi connectivity index (χ4n) is 10.5. The van der Waals surface area contributed by atoms with Crippen LogP contribution in [0.4, 0.5) is 0 Å². The maximum absolute atomic E-state index is 13.0. The van der Waals surface area contributed by atoms with Gasteiger partial charge in [0.2, 0.25) is 0 Å². The second-order valence-electron chi connectivity index (χ2n) is 25.2. The average molecular weight is 1350 g/mol. The number of rotatable bonds is 71. The fraction of sp³-hybridized carbons (Fsp3) is 0.863. The van der Waals surface area contributed by atoms with Crippen LogP contribution in [0.1, 0.15) is 349 Å². The van der Waals surface area contributed by atoms with Crippen molar-refractivity contribution in [3.05, 3.63) is 36.5 Å². The van der Waals surface area contributed by atoms with E-state index >= 15 is 0 Å². The van der Waals surface area contributed by atoms with Crippen LogP contribution in [0.25, 0.3) is 0 Å². The predicted molar refractivity (Wildman–Crippen MR) is 372 cm³/mol. The normalized spacial score (nSPS) is 14.2. The average Bonchev–Trinajstić information content (AvgIpc) is 2.31. The van der Waals surface area contributed by atoms with Crippen molar-refractivity contribution in [1.29, 1.82) is 0 Å². The van der Waals surface area contributed by atoms with E-state index in [0.29, 0.717) is 25.7 Å². The summed E-state index contributed by atoms with van der Waals surface area (Å²) in [6, 6.07) is 0. The molecule has 0 spiro atoms. The third-order valence-corrected chi connectivity index (χ3v) is 18.1. The van der Waals surface area contributed by atoms with E-state index in [1.807, 2.05) is 0 Å². The van der Waals surface area contributed by atoms with Crippen LogP contribution < -0.4 is 0 Å². The molecule has 0 aromatic heterocycles. The van der Waals surface area contributed by atoms with Gasteiger partial charge in [-0.1, -0.05) is 302 Å². The molecule has 0 saturated heterocycles. The van der Waals surface area contributed by atoms with E-state index in [1.165, 1.54) is 135 Å². The van der Waals surface area contributed by atoms with Crippen molar-refractivity contribution in [2.75, 3.05) is 39.6 Å². The summed E-state index contributed by atoms with van der Waals surface area (Å²) in [6.45, 7) is 4.80. The van der Waals surface area contributed by atoms with E-state index in [-0.39, 0.29) is 25.7 Å². The van der Waals surface area contributed by atoms with Crippen molar-refractivity contribution in [2.24, 2.45) is 0 Å². The molecule has 0 amide bonds. The van der Waals surface area contributed by atoms with Gasteiger partial charge in [0, 0.05) is 25.7 Å². The van der Waals surface area contributed by atoms with Gasteiger partial charge in [0.15, 0.2) is 12.2 Å². The molecular weight excluding hydrogens is 1210 g/mol. The fourth-order valence-corrected chi connectivity index (χ4v) is 12.1. The number of ether oxygens (including phenoxy) is 4. The van der Waals surface area contributed by atoms with Crippen molar-refractivity contribution >= 4 is 39.5 Å². The Morgan fingerprint density at radius 1 is 0.315 bits per heavy atom. The zero-order valence-electron chi connectivity index (χ0n) is 58.7. The molecule has 0 heterocycles. The van der Waals surface area contributed by atoms with Gasteiger partial charge in [-0.3, -0.25) is 37.3 Å². The minimum Gasteiger partial charge on any atom is -0.462 e. The minimum absolute atomic E-state index is 0.101. The van der Waals surface area contributed by atoms with Crippen LogP contribution in [0.5, 0.6) is 0 Å². The van der Waals surface area contributed by atoms with Crippen LogP contribution in [-0.4, -0.2) is 96.7 Å². The molecule has 5 atom stereocenters. The Bertz CT molecular complexity index is 1900. The first-order valence-corrected chi connectivity index (χ1v) is 40.2. The number of carbonyl (C=O) groups excluding carboxylic acids is 4. The quantitative estimate of drug-likeness (QED) is 0.0169. The molecule has 0 saturated carbocycles. The van der Waals surface area contributed by atoms with Crippen LogP contribution in [0.3, 0.4) is 0 Å². The van der Waals surface area contributed by atoms with Crippen LogP contribution >= 0.6 is 15.6 Å². The lowest BCUT2D eigenvalue weighted by Crippen LogP contribution is -2.30. The lowest BCUT2D eigenvalue weighted by atomic mass is 10.0. The second-order valence-corrected chi connectivity index (χ2v) is 28.1. The van der Waals surface area contributed by atoms with Crippen molar-refractivity contribution < 1.29 is 80.2 Å². The molecule has 5 unspecified atom stereocenters. The monoisotopic (exact) mass is 1350 g/mol. The second kappa shape index (κ2) is 66.9. The highest BCUT2D eigenvalue weighted by molar-refractivity contribution is 7.47. The van der Waals surface area contributed by atoms with E-state index in [1.54, 1.807) is 0 Å². The largest absolute Gasteiger partial charge is 0.472 e. The molecule has 0 aromatic carbocycles. The van der Waals surface area contributed by atoms with E-state index in [4.69, 9.17) is 37.0 Å². The van der Waals surface area contributed by atoms with Crippen molar-refractivity contribution in [2.45, 2.75) is 367 Å². The van der Waals surface area contributed by atoms with Crippen molar-refractivity contribution in [3.63, 3.8) is 0 Å². The van der Waals surface area contributed by atoms with E-state index in [9.17, 15) is 43.2 Å². The van der Waals surface area contributed by atoms with Gasteiger partial charge in [-0.15, -0.1) is 0 Å². The number of carbonyl (C=O) groups is 4. The first-order chi connectivity index (χ1) is 44.7. The Balaban J connectivity index is 5.24. The number of aliphatic hydroxyl groups is 1. The number of phosphoric acid groups is 2. The summed E-state index contributed by atoms with van der Waals surface area (Å²) < 4.78 is 68.3. The molecule has 0 radical (unpaired) electrons. The number of unbranched alkanes of at least 4 members (excludes halogenated alkanes) is 39. The van der Waals surface area contributed by atoms with Crippen LogP contribution in [0.2, 0.25) is 0 Å². The lowest BCUT2D eigenvalue weighted by Gasteiger charge is -2.21. The maximum atomic E-state index is 13.0. The summed E-state index contributed by atoms with van der Waals surface area (Å²) in [4.78, 5) is 72.6. The molecule has 17 nitrogen and oxygen atoms in total. The highest BCUT2D eigenvalue weighted by Gasteiger charge is 2.30.